The number of rotatable bonds is 4. The van der Waals surface area contributed by atoms with Gasteiger partial charge in [-0.15, -0.1) is 0 Å². The van der Waals surface area contributed by atoms with Crippen molar-refractivity contribution in [1.82, 2.24) is 9.80 Å². The molecular weight excluding hydrogens is 427 g/mol. The van der Waals surface area contributed by atoms with E-state index in [0.717, 1.165) is 62.3 Å². The largest absolute Gasteiger partial charge is 0.486 e. The molecule has 0 bridgehead atoms. The van der Waals surface area contributed by atoms with Crippen LogP contribution >= 0.6 is 23.2 Å². The molecule has 1 saturated heterocycles. The Hall–Kier alpha value is -1.86. The van der Waals surface area contributed by atoms with Crippen molar-refractivity contribution >= 4 is 23.2 Å². The third-order valence-electron chi connectivity index (χ3n) is 5.64. The Morgan fingerprint density at radius 2 is 1.10 bits per heavy atom. The number of fused-ring (bicyclic) bond motifs is 2. The highest BCUT2D eigenvalue weighted by Crippen LogP contribution is 2.35. The average molecular weight is 451 g/mol. The molecule has 0 radical (unpaired) electrons. The second kappa shape index (κ2) is 8.71. The highest BCUT2D eigenvalue weighted by Gasteiger charge is 2.28. The zero-order valence-electron chi connectivity index (χ0n) is 16.6. The van der Waals surface area contributed by atoms with Crippen LogP contribution < -0.4 is 18.9 Å². The predicted octanol–water partition coefficient (Wildman–Crippen LogP) is 3.59. The minimum absolute atomic E-state index is 0.0311. The standard InChI is InChI=1S/C22H24Cl2N2O4/c23-15-1-3-19-21(9-15)27-13-17(29-19)11-25-5-7-26(8-6-25)12-18-14-28-22-10-16(24)2-4-20(22)30-18/h1-4,9-10,17-18H,5-8,11-14H2. The van der Waals surface area contributed by atoms with Crippen molar-refractivity contribution in [2.45, 2.75) is 12.2 Å². The Bertz CT molecular complexity index is 831. The first-order valence-corrected chi connectivity index (χ1v) is 11.0. The first-order chi connectivity index (χ1) is 14.6. The van der Waals surface area contributed by atoms with Gasteiger partial charge >= 0.3 is 0 Å². The van der Waals surface area contributed by atoms with Crippen LogP contribution in [0.4, 0.5) is 0 Å². The summed E-state index contributed by atoms with van der Waals surface area (Å²) >= 11 is 12.0. The molecule has 0 spiro atoms. The molecule has 5 rings (SSSR count). The number of hydrogen-bond acceptors (Lipinski definition) is 6. The van der Waals surface area contributed by atoms with Crippen molar-refractivity contribution in [3.63, 3.8) is 0 Å². The molecule has 8 heteroatoms. The summed E-state index contributed by atoms with van der Waals surface area (Å²) in [5, 5.41) is 1.32. The van der Waals surface area contributed by atoms with E-state index in [1.807, 2.05) is 24.3 Å². The molecule has 160 valence electrons. The zero-order chi connectivity index (χ0) is 20.5. The third-order valence-corrected chi connectivity index (χ3v) is 6.11. The number of hydrogen-bond donors (Lipinski definition) is 0. The first-order valence-electron chi connectivity index (χ1n) is 10.2. The molecule has 0 aliphatic carbocycles. The van der Waals surface area contributed by atoms with E-state index in [1.165, 1.54) is 0 Å². The van der Waals surface area contributed by atoms with Crippen molar-refractivity contribution in [3.05, 3.63) is 46.4 Å². The van der Waals surface area contributed by atoms with Gasteiger partial charge in [0.1, 0.15) is 25.4 Å². The van der Waals surface area contributed by atoms with Crippen LogP contribution in [0.2, 0.25) is 10.0 Å². The summed E-state index contributed by atoms with van der Waals surface area (Å²) < 4.78 is 23.9. The van der Waals surface area contributed by atoms with Crippen LogP contribution in [0.5, 0.6) is 23.0 Å². The number of halogens is 2. The molecule has 2 unspecified atom stereocenters. The van der Waals surface area contributed by atoms with Crippen LogP contribution in [0.25, 0.3) is 0 Å². The lowest BCUT2D eigenvalue weighted by Crippen LogP contribution is -2.53. The highest BCUT2D eigenvalue weighted by molar-refractivity contribution is 6.31. The fourth-order valence-corrected chi connectivity index (χ4v) is 4.41. The van der Waals surface area contributed by atoms with Gasteiger partial charge in [-0.25, -0.2) is 0 Å². The van der Waals surface area contributed by atoms with E-state index in [1.54, 1.807) is 12.1 Å². The van der Waals surface area contributed by atoms with Gasteiger partial charge in [0.2, 0.25) is 0 Å². The number of nitrogens with zero attached hydrogens (tertiary/aromatic N) is 2. The minimum atomic E-state index is 0.0311. The number of ether oxygens (including phenoxy) is 4. The SMILES string of the molecule is Clc1ccc2c(c1)OCC(CN1CCN(CC3COc4cc(Cl)ccc4O3)CC1)O2. The third kappa shape index (κ3) is 4.57. The highest BCUT2D eigenvalue weighted by atomic mass is 35.5. The van der Waals surface area contributed by atoms with Crippen molar-refractivity contribution in [2.24, 2.45) is 0 Å². The lowest BCUT2D eigenvalue weighted by atomic mass is 10.2. The molecule has 3 aliphatic rings. The maximum absolute atomic E-state index is 6.09. The molecule has 1 fully saturated rings. The lowest BCUT2D eigenvalue weighted by Gasteiger charge is -2.39. The van der Waals surface area contributed by atoms with Crippen LogP contribution in [0.3, 0.4) is 0 Å². The van der Waals surface area contributed by atoms with Gasteiger partial charge in [-0.1, -0.05) is 23.2 Å². The van der Waals surface area contributed by atoms with E-state index < -0.39 is 0 Å². The van der Waals surface area contributed by atoms with Gasteiger partial charge in [-0.2, -0.15) is 0 Å². The molecule has 0 saturated carbocycles. The molecule has 30 heavy (non-hydrogen) atoms. The van der Waals surface area contributed by atoms with Crippen molar-refractivity contribution in [2.75, 3.05) is 52.5 Å². The van der Waals surface area contributed by atoms with Crippen molar-refractivity contribution in [3.8, 4) is 23.0 Å². The molecule has 3 aliphatic heterocycles. The fraction of sp³-hybridized carbons (Fsp3) is 0.455. The number of benzene rings is 2. The maximum atomic E-state index is 6.09. The van der Waals surface area contributed by atoms with E-state index in [9.17, 15) is 0 Å². The second-order valence-electron chi connectivity index (χ2n) is 7.89. The Balaban J connectivity index is 1.08. The van der Waals surface area contributed by atoms with Gasteiger partial charge in [0.15, 0.2) is 23.0 Å². The van der Waals surface area contributed by atoms with E-state index in [4.69, 9.17) is 42.1 Å². The molecule has 0 amide bonds. The second-order valence-corrected chi connectivity index (χ2v) is 8.76. The van der Waals surface area contributed by atoms with Gasteiger partial charge in [-0.05, 0) is 24.3 Å². The van der Waals surface area contributed by atoms with Crippen molar-refractivity contribution in [1.29, 1.82) is 0 Å². The Kier molecular flexibility index (Phi) is 5.83. The van der Waals surface area contributed by atoms with Gasteiger partial charge in [0, 0.05) is 61.4 Å². The minimum Gasteiger partial charge on any atom is -0.486 e. The monoisotopic (exact) mass is 450 g/mol. The summed E-state index contributed by atoms with van der Waals surface area (Å²) in [5.41, 5.74) is 0. The summed E-state index contributed by atoms with van der Waals surface area (Å²) in [7, 11) is 0. The average Bonchev–Trinajstić information content (AvgIpc) is 2.75. The van der Waals surface area contributed by atoms with Gasteiger partial charge in [0.25, 0.3) is 0 Å². The molecule has 0 N–H and O–H groups in total. The van der Waals surface area contributed by atoms with Crippen LogP contribution in [0.15, 0.2) is 36.4 Å². The summed E-state index contributed by atoms with van der Waals surface area (Å²) in [5.74, 6) is 2.99. The fourth-order valence-electron chi connectivity index (χ4n) is 4.09. The van der Waals surface area contributed by atoms with Gasteiger partial charge in [0.05, 0.1) is 0 Å². The quantitative estimate of drug-likeness (QED) is 0.708. The summed E-state index contributed by atoms with van der Waals surface area (Å²) in [6, 6.07) is 11.0. The van der Waals surface area contributed by atoms with E-state index >= 15 is 0 Å². The van der Waals surface area contributed by atoms with Crippen LogP contribution in [-0.4, -0.2) is 74.5 Å². The van der Waals surface area contributed by atoms with Crippen LogP contribution in [0, 0.1) is 0 Å². The molecule has 2 aromatic rings. The molecule has 2 aromatic carbocycles. The molecule has 3 heterocycles. The smallest absolute Gasteiger partial charge is 0.162 e. The van der Waals surface area contributed by atoms with Gasteiger partial charge in [-0.3, -0.25) is 9.80 Å². The molecule has 6 nitrogen and oxygen atoms in total. The van der Waals surface area contributed by atoms with E-state index in [0.29, 0.717) is 23.3 Å². The molecule has 2 atom stereocenters. The Morgan fingerprint density at radius 1 is 0.667 bits per heavy atom. The summed E-state index contributed by atoms with van der Waals surface area (Å²) in [4.78, 5) is 4.86. The van der Waals surface area contributed by atoms with Crippen molar-refractivity contribution < 1.29 is 18.9 Å². The number of piperazine rings is 1. The Morgan fingerprint density at radius 3 is 1.53 bits per heavy atom. The topological polar surface area (TPSA) is 43.4 Å². The first kappa shape index (κ1) is 20.1. The lowest BCUT2D eigenvalue weighted by molar-refractivity contribution is 0.0201. The predicted molar refractivity (Wildman–Crippen MR) is 116 cm³/mol. The van der Waals surface area contributed by atoms with Crippen LogP contribution in [-0.2, 0) is 0 Å². The molecule has 0 aromatic heterocycles. The summed E-state index contributed by atoms with van der Waals surface area (Å²) in [6.45, 7) is 6.77. The summed E-state index contributed by atoms with van der Waals surface area (Å²) in [6.07, 6.45) is 0.0623. The van der Waals surface area contributed by atoms with Gasteiger partial charge < -0.3 is 18.9 Å². The Labute approximate surface area is 186 Å². The maximum Gasteiger partial charge on any atom is 0.162 e. The normalized spacial score (nSPS) is 23.9. The zero-order valence-corrected chi connectivity index (χ0v) is 18.1. The van der Waals surface area contributed by atoms with E-state index in [-0.39, 0.29) is 12.2 Å². The molecular formula is C22H24Cl2N2O4. The van der Waals surface area contributed by atoms with Crippen LogP contribution in [0.1, 0.15) is 0 Å². The van der Waals surface area contributed by atoms with E-state index in [2.05, 4.69) is 9.80 Å².